The molecule has 0 radical (unpaired) electrons. The van der Waals surface area contributed by atoms with Gasteiger partial charge in [-0.05, 0) is 32.0 Å². The van der Waals surface area contributed by atoms with E-state index in [0.717, 1.165) is 0 Å². The molecule has 1 unspecified atom stereocenters. The summed E-state index contributed by atoms with van der Waals surface area (Å²) in [6.45, 7) is 4.96. The molecule has 0 spiro atoms. The van der Waals surface area contributed by atoms with Crippen LogP contribution in [0.3, 0.4) is 0 Å². The second kappa shape index (κ2) is 7.48. The molecule has 0 fully saturated rings. The Bertz CT molecular complexity index is 782. The zero-order valence-electron chi connectivity index (χ0n) is 13.4. The molecule has 128 valence electrons. The van der Waals surface area contributed by atoms with Crippen LogP contribution in [-0.4, -0.2) is 45.1 Å². The number of rotatable bonds is 7. The third-order valence-corrected chi connectivity index (χ3v) is 3.99. The highest BCUT2D eigenvalue weighted by Crippen LogP contribution is 2.26. The molecule has 1 amide bonds. The van der Waals surface area contributed by atoms with Crippen molar-refractivity contribution >= 4 is 40.7 Å². The number of thiol groups is 1. The van der Waals surface area contributed by atoms with Gasteiger partial charge in [0.15, 0.2) is 10.7 Å². The van der Waals surface area contributed by atoms with E-state index in [1.807, 2.05) is 13.8 Å². The number of hydrogen-bond donors (Lipinski definition) is 2. The predicted molar refractivity (Wildman–Crippen MR) is 90.2 cm³/mol. The molecule has 1 heterocycles. The number of carboxylic acid groups (broad SMARTS) is 1. The topological polar surface area (TPSA) is 101 Å². The zero-order chi connectivity index (χ0) is 17.9. The molecule has 0 aliphatic carbocycles. The highest BCUT2D eigenvalue weighted by atomic mass is 32.1. The fraction of sp³-hybridized carbons (Fsp3) is 0.375. The maximum Gasteiger partial charge on any atom is 0.304 e. The third-order valence-electron chi connectivity index (χ3n) is 3.68. The summed E-state index contributed by atoms with van der Waals surface area (Å²) in [5, 5.41) is 8.26. The Balaban J connectivity index is 2.39. The van der Waals surface area contributed by atoms with E-state index in [0.29, 0.717) is 29.8 Å². The van der Waals surface area contributed by atoms with Crippen molar-refractivity contribution in [1.29, 1.82) is 0 Å². The van der Waals surface area contributed by atoms with E-state index < -0.39 is 23.4 Å². The molecule has 2 rings (SSSR count). The van der Waals surface area contributed by atoms with Crippen LogP contribution in [0.1, 0.15) is 42.4 Å². The molecule has 0 aliphatic heterocycles. The number of oxazole rings is 1. The number of fused-ring (bicyclic) bond motifs is 1. The molecule has 1 atom stereocenters. The summed E-state index contributed by atoms with van der Waals surface area (Å²) in [6, 6.07) is 4.78. The molecule has 8 heteroatoms. The van der Waals surface area contributed by atoms with Crippen molar-refractivity contribution in [3.8, 4) is 0 Å². The van der Waals surface area contributed by atoms with Crippen molar-refractivity contribution in [2.75, 3.05) is 13.1 Å². The van der Waals surface area contributed by atoms with Crippen LogP contribution in [0, 0.1) is 0 Å². The van der Waals surface area contributed by atoms with Crippen LogP contribution < -0.4 is 0 Å². The summed E-state index contributed by atoms with van der Waals surface area (Å²) in [4.78, 5) is 40.6. The molecule has 0 saturated heterocycles. The van der Waals surface area contributed by atoms with Gasteiger partial charge in [-0.1, -0.05) is 0 Å². The summed E-state index contributed by atoms with van der Waals surface area (Å²) >= 11 is 3.70. The van der Waals surface area contributed by atoms with Gasteiger partial charge in [-0.15, -0.1) is 12.6 Å². The van der Waals surface area contributed by atoms with Crippen LogP contribution in [0.5, 0.6) is 0 Å². The van der Waals surface area contributed by atoms with Gasteiger partial charge >= 0.3 is 5.97 Å². The summed E-state index contributed by atoms with van der Waals surface area (Å²) in [5.41, 5.74) is 1.23. The Hall–Kier alpha value is -2.35. The molecule has 2 aromatic rings. The van der Waals surface area contributed by atoms with Crippen LogP contribution in [-0.2, 0) is 9.59 Å². The largest absolute Gasteiger partial charge is 0.481 e. The number of hydrogen-bond acceptors (Lipinski definition) is 5. The molecule has 7 nitrogen and oxygen atoms in total. The quantitative estimate of drug-likeness (QED) is 0.743. The normalized spacial score (nSPS) is 12.1. The number of aromatic nitrogens is 1. The second-order valence-corrected chi connectivity index (χ2v) is 5.64. The number of carbonyl (C=O) groups is 3. The van der Waals surface area contributed by atoms with Crippen molar-refractivity contribution in [2.24, 2.45) is 0 Å². The first-order chi connectivity index (χ1) is 11.4. The number of amides is 1. The predicted octanol–water partition coefficient (Wildman–Crippen LogP) is 2.32. The lowest BCUT2D eigenvalue weighted by atomic mass is 10.1. The second-order valence-electron chi connectivity index (χ2n) is 5.20. The molecule has 1 aromatic carbocycles. The molecule has 0 saturated carbocycles. The fourth-order valence-electron chi connectivity index (χ4n) is 2.38. The Kier molecular flexibility index (Phi) is 5.61. The minimum atomic E-state index is -1.15. The van der Waals surface area contributed by atoms with E-state index in [4.69, 9.17) is 9.52 Å². The van der Waals surface area contributed by atoms with Crippen LogP contribution in [0.25, 0.3) is 11.1 Å². The highest BCUT2D eigenvalue weighted by molar-refractivity contribution is 7.96. The Morgan fingerprint density at radius 1 is 1.29 bits per heavy atom. The Labute approximate surface area is 144 Å². The molecular weight excluding hydrogens is 332 g/mol. The lowest BCUT2D eigenvalue weighted by Gasteiger charge is -2.18. The first-order valence-electron chi connectivity index (χ1n) is 7.51. The van der Waals surface area contributed by atoms with Gasteiger partial charge in [-0.25, -0.2) is 4.98 Å². The smallest absolute Gasteiger partial charge is 0.304 e. The van der Waals surface area contributed by atoms with Gasteiger partial charge in [0.25, 0.3) is 5.91 Å². The molecule has 0 bridgehead atoms. The van der Waals surface area contributed by atoms with E-state index in [9.17, 15) is 14.4 Å². The van der Waals surface area contributed by atoms with E-state index in [1.165, 1.54) is 0 Å². The van der Waals surface area contributed by atoms with Gasteiger partial charge in [0.2, 0.25) is 5.89 Å². The summed E-state index contributed by atoms with van der Waals surface area (Å²) in [5.74, 6) is -2.36. The number of nitrogens with zero attached hydrogens (tertiary/aromatic N) is 2. The first-order valence-corrected chi connectivity index (χ1v) is 7.96. The van der Waals surface area contributed by atoms with Gasteiger partial charge in [-0.2, -0.15) is 0 Å². The lowest BCUT2D eigenvalue weighted by Crippen LogP contribution is -2.30. The molecule has 24 heavy (non-hydrogen) atoms. The van der Waals surface area contributed by atoms with Crippen molar-refractivity contribution in [1.82, 2.24) is 9.88 Å². The minimum Gasteiger partial charge on any atom is -0.481 e. The van der Waals surface area contributed by atoms with Gasteiger partial charge < -0.3 is 14.4 Å². The van der Waals surface area contributed by atoms with Crippen molar-refractivity contribution in [3.05, 3.63) is 29.7 Å². The molecule has 1 N–H and O–H groups in total. The van der Waals surface area contributed by atoms with Gasteiger partial charge in [0, 0.05) is 18.7 Å². The van der Waals surface area contributed by atoms with E-state index in [2.05, 4.69) is 17.6 Å². The maximum atomic E-state index is 12.4. The maximum absolute atomic E-state index is 12.4. The number of aliphatic carboxylic acids is 1. The average Bonchev–Trinajstić information content (AvgIpc) is 2.95. The van der Waals surface area contributed by atoms with Gasteiger partial charge in [-0.3, -0.25) is 14.4 Å². The van der Waals surface area contributed by atoms with Gasteiger partial charge in [0.1, 0.15) is 11.4 Å². The van der Waals surface area contributed by atoms with Crippen LogP contribution in [0.15, 0.2) is 22.6 Å². The summed E-state index contributed by atoms with van der Waals surface area (Å²) < 4.78 is 5.47. The zero-order valence-corrected chi connectivity index (χ0v) is 14.2. The number of benzene rings is 1. The van der Waals surface area contributed by atoms with E-state index >= 15 is 0 Å². The number of carboxylic acids is 1. The van der Waals surface area contributed by atoms with Gasteiger partial charge in [0.05, 0.1) is 6.42 Å². The Morgan fingerprint density at radius 2 is 1.96 bits per heavy atom. The summed E-state index contributed by atoms with van der Waals surface area (Å²) in [7, 11) is 0. The standard InChI is InChI=1S/C16H18N2O5S/c1-3-18(4-2)15(21)9-5-6-12-11(7-9)17-14(23-12)10(16(22)24)8-13(19)20/h5-7,10H,3-4,8H2,1-2H3,(H,19,20)(H,22,24). The summed E-state index contributed by atoms with van der Waals surface area (Å²) in [6.07, 6.45) is -0.458. The van der Waals surface area contributed by atoms with E-state index in [-0.39, 0.29) is 11.8 Å². The SMILES string of the molecule is CCN(CC)C(=O)c1ccc2oc(C(CC(=O)O)C(=O)S)nc2c1. The highest BCUT2D eigenvalue weighted by Gasteiger charge is 2.27. The third kappa shape index (κ3) is 3.76. The van der Waals surface area contributed by atoms with E-state index in [1.54, 1.807) is 23.1 Å². The minimum absolute atomic E-state index is 0.0140. The molecule has 0 aliphatic rings. The van der Waals surface area contributed by atoms with Crippen molar-refractivity contribution < 1.29 is 23.9 Å². The molecule has 1 aromatic heterocycles. The lowest BCUT2D eigenvalue weighted by molar-refractivity contribution is -0.138. The van der Waals surface area contributed by atoms with Crippen LogP contribution in [0.4, 0.5) is 0 Å². The monoisotopic (exact) mass is 350 g/mol. The Morgan fingerprint density at radius 3 is 2.50 bits per heavy atom. The van der Waals surface area contributed by atoms with Crippen molar-refractivity contribution in [2.45, 2.75) is 26.2 Å². The average molecular weight is 350 g/mol. The molecular formula is C16H18N2O5S. The van der Waals surface area contributed by atoms with Crippen molar-refractivity contribution in [3.63, 3.8) is 0 Å². The number of carbonyl (C=O) groups excluding carboxylic acids is 2. The first kappa shape index (κ1) is 18.0. The van der Waals surface area contributed by atoms with Crippen LogP contribution >= 0.6 is 12.6 Å². The van der Waals surface area contributed by atoms with Crippen LogP contribution in [0.2, 0.25) is 0 Å². The fourth-order valence-corrected chi connectivity index (χ4v) is 2.58.